The molecule has 0 radical (unpaired) electrons. The Morgan fingerprint density at radius 2 is 2.06 bits per heavy atom. The highest BCUT2D eigenvalue weighted by Gasteiger charge is 2.44. The van der Waals surface area contributed by atoms with Crippen LogP contribution in [-0.2, 0) is 24.0 Å². The number of carbonyl (C=O) groups excluding carboxylic acids is 3. The molecule has 1 aromatic rings. The third-order valence-corrected chi connectivity index (χ3v) is 4.70. The summed E-state index contributed by atoms with van der Waals surface area (Å²) in [6.45, 7) is 1.65. The number of nitrogens with one attached hydrogen (secondary N) is 1. The summed E-state index contributed by atoms with van der Waals surface area (Å²) in [5, 5.41) is 25.3. The Hall–Kier alpha value is -3.75. The van der Waals surface area contributed by atoms with E-state index < -0.39 is 53.7 Å². The highest BCUT2D eigenvalue weighted by atomic mass is 32.1. The predicted molar refractivity (Wildman–Crippen MR) is 105 cm³/mol. The number of imide groups is 1. The van der Waals surface area contributed by atoms with Crippen molar-refractivity contribution in [3.8, 4) is 0 Å². The quantitative estimate of drug-likeness (QED) is 0.208. The average molecular weight is 456 g/mol. The first kappa shape index (κ1) is 23.5. The number of amides is 4. The van der Waals surface area contributed by atoms with Crippen molar-refractivity contribution in [2.75, 3.05) is 25.9 Å². The summed E-state index contributed by atoms with van der Waals surface area (Å²) in [6.07, 6.45) is 0. The van der Waals surface area contributed by atoms with Gasteiger partial charge in [-0.05, 0) is 13.8 Å². The molecule has 0 spiro atoms. The van der Waals surface area contributed by atoms with Crippen molar-refractivity contribution < 1.29 is 39.0 Å². The molecule has 0 aliphatic carbocycles. The summed E-state index contributed by atoms with van der Waals surface area (Å²) in [7, 11) is 1.22. The summed E-state index contributed by atoms with van der Waals surface area (Å²) < 4.78 is 0. The monoisotopic (exact) mass is 456 g/mol. The van der Waals surface area contributed by atoms with Crippen LogP contribution >= 0.6 is 11.3 Å². The number of thiazole rings is 1. The van der Waals surface area contributed by atoms with Crippen molar-refractivity contribution in [3.05, 3.63) is 11.1 Å². The number of aliphatic carboxylic acids is 2. The molecule has 0 bridgehead atoms. The summed E-state index contributed by atoms with van der Waals surface area (Å²) in [5.41, 5.74) is 3.40. The lowest BCUT2D eigenvalue weighted by Crippen LogP contribution is -2.67. The van der Waals surface area contributed by atoms with E-state index in [1.165, 1.54) is 26.3 Å². The molecule has 2 heterocycles. The smallest absolute Gasteiger partial charge is 0.350 e. The van der Waals surface area contributed by atoms with E-state index in [9.17, 15) is 24.0 Å². The van der Waals surface area contributed by atoms with Gasteiger partial charge >= 0.3 is 18.0 Å². The fourth-order valence-electron chi connectivity index (χ4n) is 2.21. The van der Waals surface area contributed by atoms with Gasteiger partial charge in [-0.15, -0.1) is 11.3 Å². The number of nitrogens with two attached hydrogens (primary N) is 1. The minimum atomic E-state index is -1.75. The number of β-lactam (4-membered cyclic amide) rings is 1. The van der Waals surface area contributed by atoms with Crippen LogP contribution in [0.15, 0.2) is 10.5 Å². The fourth-order valence-corrected chi connectivity index (χ4v) is 2.76. The van der Waals surface area contributed by atoms with Gasteiger partial charge in [0.25, 0.3) is 11.8 Å². The van der Waals surface area contributed by atoms with E-state index in [1.54, 1.807) is 0 Å². The second kappa shape index (κ2) is 8.95. The van der Waals surface area contributed by atoms with Crippen LogP contribution in [0.4, 0.5) is 9.93 Å². The second-order valence-electron chi connectivity index (χ2n) is 6.92. The summed E-state index contributed by atoms with van der Waals surface area (Å²) in [6, 6.07) is -1.91. The molecular weight excluding hydrogens is 436 g/mol. The maximum absolute atomic E-state index is 12.7. The van der Waals surface area contributed by atoms with E-state index in [-0.39, 0.29) is 17.4 Å². The molecule has 1 atom stereocenters. The van der Waals surface area contributed by atoms with Gasteiger partial charge in [0, 0.05) is 12.4 Å². The van der Waals surface area contributed by atoms with E-state index in [4.69, 9.17) is 20.8 Å². The molecular formula is C16H20N6O8S. The molecule has 1 aromatic heterocycles. The van der Waals surface area contributed by atoms with Gasteiger partial charge in [-0.25, -0.2) is 14.6 Å². The first-order valence-corrected chi connectivity index (χ1v) is 9.51. The number of carboxylic acid groups (broad SMARTS) is 2. The van der Waals surface area contributed by atoms with Gasteiger partial charge in [-0.1, -0.05) is 5.16 Å². The van der Waals surface area contributed by atoms with Gasteiger partial charge < -0.3 is 31.0 Å². The lowest BCUT2D eigenvalue weighted by molar-refractivity contribution is -0.161. The average Bonchev–Trinajstić information content (AvgIpc) is 3.09. The largest absolute Gasteiger partial charge is 0.480 e. The van der Waals surface area contributed by atoms with Crippen molar-refractivity contribution in [1.82, 2.24) is 20.1 Å². The zero-order chi connectivity index (χ0) is 23.5. The van der Waals surface area contributed by atoms with Crippen LogP contribution in [0.2, 0.25) is 0 Å². The summed E-state index contributed by atoms with van der Waals surface area (Å²) in [4.78, 5) is 69.3. The number of hydrogen-bond acceptors (Lipinski definition) is 10. The highest BCUT2D eigenvalue weighted by Crippen LogP contribution is 2.17. The van der Waals surface area contributed by atoms with E-state index in [0.29, 0.717) is 0 Å². The molecule has 168 valence electrons. The van der Waals surface area contributed by atoms with Crippen LogP contribution in [-0.4, -0.2) is 92.3 Å². The number of aromatic nitrogens is 1. The van der Waals surface area contributed by atoms with Gasteiger partial charge in [-0.2, -0.15) is 0 Å². The Kier molecular flexibility index (Phi) is 6.79. The van der Waals surface area contributed by atoms with Gasteiger partial charge in [0.05, 0.1) is 6.54 Å². The minimum Gasteiger partial charge on any atom is -0.480 e. The van der Waals surface area contributed by atoms with Crippen molar-refractivity contribution in [2.24, 2.45) is 5.16 Å². The first-order chi connectivity index (χ1) is 14.3. The molecule has 5 N–H and O–H groups in total. The van der Waals surface area contributed by atoms with Gasteiger partial charge in [0.15, 0.2) is 10.8 Å². The predicted octanol–water partition coefficient (Wildman–Crippen LogP) is -1.23. The van der Waals surface area contributed by atoms with Gasteiger partial charge in [-0.3, -0.25) is 19.3 Å². The number of oxime groups is 1. The topological polar surface area (TPSA) is 205 Å². The van der Waals surface area contributed by atoms with E-state index >= 15 is 0 Å². The molecule has 31 heavy (non-hydrogen) atoms. The first-order valence-electron chi connectivity index (χ1n) is 8.63. The van der Waals surface area contributed by atoms with Crippen LogP contribution in [0.1, 0.15) is 19.5 Å². The van der Waals surface area contributed by atoms with Crippen LogP contribution in [0.3, 0.4) is 0 Å². The lowest BCUT2D eigenvalue weighted by atomic mass is 10.1. The van der Waals surface area contributed by atoms with Crippen LogP contribution in [0.25, 0.3) is 0 Å². The second-order valence-corrected chi connectivity index (χ2v) is 7.81. The number of likely N-dealkylation sites (tertiary alicyclic amines) is 1. The van der Waals surface area contributed by atoms with E-state index in [0.717, 1.165) is 21.1 Å². The Bertz CT molecular complexity index is 958. The van der Waals surface area contributed by atoms with Gasteiger partial charge in [0.2, 0.25) is 5.60 Å². The number of carboxylic acids is 2. The Labute approximate surface area is 179 Å². The zero-order valence-corrected chi connectivity index (χ0v) is 17.5. The minimum absolute atomic E-state index is 0.00193. The number of rotatable bonds is 8. The molecule has 2 rings (SSSR count). The zero-order valence-electron chi connectivity index (χ0n) is 16.7. The SMILES string of the molecule is CN(CC(=O)O)C(=O)N1C[C@H](NC(=O)C(=NOC(C)(C)C(=O)O)c2csc(N)n2)C1=O. The Morgan fingerprint density at radius 1 is 1.42 bits per heavy atom. The van der Waals surface area contributed by atoms with Crippen molar-refractivity contribution in [2.45, 2.75) is 25.5 Å². The summed E-state index contributed by atoms with van der Waals surface area (Å²) in [5.74, 6) is -4.24. The number of nitrogen functional groups attached to an aromatic ring is 1. The van der Waals surface area contributed by atoms with Crippen molar-refractivity contribution in [1.29, 1.82) is 0 Å². The molecule has 0 aromatic carbocycles. The number of likely N-dealkylation sites (N-methyl/N-ethyl adjacent to an activating group) is 1. The van der Waals surface area contributed by atoms with Crippen molar-refractivity contribution in [3.63, 3.8) is 0 Å². The molecule has 1 aliphatic heterocycles. The van der Waals surface area contributed by atoms with Crippen LogP contribution in [0.5, 0.6) is 0 Å². The third kappa shape index (κ3) is 5.44. The number of anilines is 1. The number of urea groups is 1. The molecule has 1 saturated heterocycles. The normalized spacial score (nSPS) is 16.4. The van der Waals surface area contributed by atoms with E-state index in [1.807, 2.05) is 0 Å². The van der Waals surface area contributed by atoms with Crippen LogP contribution < -0.4 is 11.1 Å². The van der Waals surface area contributed by atoms with E-state index in [2.05, 4.69) is 15.5 Å². The molecule has 1 aliphatic rings. The number of nitrogens with zero attached hydrogens (tertiary/aromatic N) is 4. The van der Waals surface area contributed by atoms with Crippen molar-refractivity contribution >= 4 is 52.0 Å². The lowest BCUT2D eigenvalue weighted by Gasteiger charge is -2.38. The third-order valence-electron chi connectivity index (χ3n) is 4.02. The molecule has 0 saturated carbocycles. The number of hydrogen-bond donors (Lipinski definition) is 4. The Morgan fingerprint density at radius 3 is 2.55 bits per heavy atom. The molecule has 1 fully saturated rings. The summed E-state index contributed by atoms with van der Waals surface area (Å²) >= 11 is 1.00. The Balaban J connectivity index is 2.11. The molecule has 4 amide bonds. The highest BCUT2D eigenvalue weighted by molar-refractivity contribution is 7.13. The van der Waals surface area contributed by atoms with Crippen LogP contribution in [0, 0.1) is 0 Å². The van der Waals surface area contributed by atoms with Gasteiger partial charge in [0.1, 0.15) is 18.3 Å². The number of carbonyl (C=O) groups is 5. The maximum atomic E-state index is 12.7. The molecule has 14 nitrogen and oxygen atoms in total. The molecule has 15 heteroatoms. The molecule has 0 unspecified atom stereocenters. The standard InChI is InChI=1S/C16H20N6O8S/c1-16(2,13(27)28)30-20-10(8-6-31-14(17)19-8)11(25)18-7-4-22(12(7)26)15(29)21(3)5-9(23)24/h6-7H,4-5H2,1-3H3,(H2,17,19)(H,18,25)(H,23,24)(H,27,28)/t7-/m0/s1. The fraction of sp³-hybridized carbons (Fsp3) is 0.438. The maximum Gasteiger partial charge on any atom is 0.350 e.